The van der Waals surface area contributed by atoms with Gasteiger partial charge in [0.15, 0.2) is 0 Å². The molecular weight excluding hydrogens is 431 g/mol. The number of aryl methyl sites for hydroxylation is 1. The molecule has 1 N–H and O–H groups in total. The average Bonchev–Trinajstić information content (AvgIpc) is 3.33. The Kier molecular flexibility index (Phi) is 5.67. The second-order valence-electron chi connectivity index (χ2n) is 8.29. The number of halogens is 1. The van der Waals surface area contributed by atoms with Crippen molar-refractivity contribution in [3.05, 3.63) is 113 Å². The molecule has 0 spiro atoms. The van der Waals surface area contributed by atoms with Gasteiger partial charge in [-0.25, -0.2) is 9.18 Å². The molecule has 34 heavy (non-hydrogen) atoms. The molecule has 1 aliphatic heterocycles. The minimum Gasteiger partial charge on any atom is -0.334 e. The van der Waals surface area contributed by atoms with Gasteiger partial charge in [-0.15, -0.1) is 0 Å². The van der Waals surface area contributed by atoms with Crippen LogP contribution in [0.25, 0.3) is 17.0 Å². The molecule has 170 valence electrons. The number of benzene rings is 3. The van der Waals surface area contributed by atoms with Crippen molar-refractivity contribution in [2.45, 2.75) is 26.4 Å². The summed E-state index contributed by atoms with van der Waals surface area (Å²) in [5, 5.41) is 7.28. The lowest BCUT2D eigenvalue weighted by Gasteiger charge is -2.35. The molecule has 2 heterocycles. The number of aromatic nitrogens is 2. The van der Waals surface area contributed by atoms with Gasteiger partial charge in [0.2, 0.25) is 5.82 Å². The minimum absolute atomic E-state index is 0.252. The van der Waals surface area contributed by atoms with Crippen LogP contribution in [-0.2, 0) is 6.54 Å². The molecule has 0 radical (unpaired) electrons. The summed E-state index contributed by atoms with van der Waals surface area (Å²) in [6.45, 7) is 4.16. The lowest BCUT2D eigenvalue weighted by atomic mass is 9.94. The molecule has 1 unspecified atom stereocenters. The lowest BCUT2D eigenvalue weighted by Crippen LogP contribution is -2.45. The van der Waals surface area contributed by atoms with E-state index in [1.807, 2.05) is 68.4 Å². The Hall–Kier alpha value is -4.26. The van der Waals surface area contributed by atoms with Crippen LogP contribution >= 0.6 is 0 Å². The third-order valence-electron chi connectivity index (χ3n) is 5.95. The van der Waals surface area contributed by atoms with Crippen molar-refractivity contribution >= 4 is 11.6 Å². The van der Waals surface area contributed by atoms with Gasteiger partial charge < -0.3 is 9.84 Å². The Morgan fingerprint density at radius 1 is 0.971 bits per heavy atom. The van der Waals surface area contributed by atoms with E-state index in [0.29, 0.717) is 17.4 Å². The summed E-state index contributed by atoms with van der Waals surface area (Å²) in [7, 11) is 0. The Balaban J connectivity index is 1.58. The van der Waals surface area contributed by atoms with Gasteiger partial charge in [-0.1, -0.05) is 77.5 Å². The zero-order valence-corrected chi connectivity index (χ0v) is 18.8. The smallest absolute Gasteiger partial charge is 0.322 e. The largest absolute Gasteiger partial charge is 0.334 e. The van der Waals surface area contributed by atoms with Crippen molar-refractivity contribution in [3.63, 3.8) is 0 Å². The molecule has 0 aliphatic carbocycles. The van der Waals surface area contributed by atoms with Crippen LogP contribution in [0.3, 0.4) is 0 Å². The van der Waals surface area contributed by atoms with Crippen LogP contribution in [0.1, 0.15) is 35.5 Å². The normalized spacial score (nSPS) is 16.0. The maximum Gasteiger partial charge on any atom is 0.322 e. The molecule has 3 aromatic carbocycles. The van der Waals surface area contributed by atoms with E-state index in [1.54, 1.807) is 17.0 Å². The van der Waals surface area contributed by atoms with Gasteiger partial charge in [-0.05, 0) is 37.1 Å². The van der Waals surface area contributed by atoms with Crippen molar-refractivity contribution in [3.8, 4) is 11.4 Å². The van der Waals surface area contributed by atoms with E-state index in [-0.39, 0.29) is 18.4 Å². The second kappa shape index (κ2) is 8.94. The SMILES string of the molecule is CC1=C(c2nc(-c3ccc(C)cc3)no2)C(c2ccccc2)NC(=O)N1Cc1ccc(F)cc1. The third-order valence-corrected chi connectivity index (χ3v) is 5.95. The fraction of sp³-hybridized carbons (Fsp3) is 0.148. The van der Waals surface area contributed by atoms with Crippen LogP contribution in [0.5, 0.6) is 0 Å². The quantitative estimate of drug-likeness (QED) is 0.409. The van der Waals surface area contributed by atoms with Gasteiger partial charge in [0, 0.05) is 11.3 Å². The molecule has 5 rings (SSSR count). The number of carbonyl (C=O) groups excluding carboxylic acids is 1. The van der Waals surface area contributed by atoms with Gasteiger partial charge in [0.05, 0.1) is 18.2 Å². The first-order valence-electron chi connectivity index (χ1n) is 11.0. The van der Waals surface area contributed by atoms with Crippen molar-refractivity contribution in [2.24, 2.45) is 0 Å². The third kappa shape index (κ3) is 4.20. The van der Waals surface area contributed by atoms with Crippen molar-refractivity contribution in [1.29, 1.82) is 0 Å². The Labute approximate surface area is 196 Å². The first-order chi connectivity index (χ1) is 16.5. The summed E-state index contributed by atoms with van der Waals surface area (Å²) in [6, 6.07) is 22.9. The van der Waals surface area contributed by atoms with E-state index in [0.717, 1.165) is 27.8 Å². The summed E-state index contributed by atoms with van der Waals surface area (Å²) >= 11 is 0. The zero-order chi connectivity index (χ0) is 23.7. The monoisotopic (exact) mass is 454 g/mol. The first-order valence-corrected chi connectivity index (χ1v) is 11.0. The minimum atomic E-state index is -0.454. The summed E-state index contributed by atoms with van der Waals surface area (Å²) in [6.07, 6.45) is 0. The summed E-state index contributed by atoms with van der Waals surface area (Å²) in [4.78, 5) is 19.4. The number of carbonyl (C=O) groups is 1. The van der Waals surface area contributed by atoms with E-state index in [2.05, 4.69) is 15.5 Å². The van der Waals surface area contributed by atoms with Crippen molar-refractivity contribution < 1.29 is 13.7 Å². The molecular formula is C27H23FN4O2. The Morgan fingerprint density at radius 2 is 1.68 bits per heavy atom. The molecule has 1 aromatic heterocycles. The molecule has 1 aliphatic rings. The maximum absolute atomic E-state index is 13.4. The van der Waals surface area contributed by atoms with E-state index < -0.39 is 6.04 Å². The van der Waals surface area contributed by atoms with Crippen LogP contribution in [0.15, 0.2) is 89.1 Å². The highest BCUT2D eigenvalue weighted by molar-refractivity contribution is 5.86. The molecule has 4 aromatic rings. The topological polar surface area (TPSA) is 71.3 Å². The van der Waals surface area contributed by atoms with Crippen LogP contribution in [0, 0.1) is 12.7 Å². The fourth-order valence-electron chi connectivity index (χ4n) is 4.07. The molecule has 1 atom stereocenters. The number of hydrogen-bond donors (Lipinski definition) is 1. The van der Waals surface area contributed by atoms with Crippen molar-refractivity contribution in [2.75, 3.05) is 0 Å². The average molecular weight is 455 g/mol. The van der Waals surface area contributed by atoms with Crippen molar-refractivity contribution in [1.82, 2.24) is 20.4 Å². The number of nitrogens with one attached hydrogen (secondary N) is 1. The number of urea groups is 1. The molecule has 2 amide bonds. The highest BCUT2D eigenvalue weighted by Crippen LogP contribution is 2.37. The molecule has 0 saturated heterocycles. The van der Waals surface area contributed by atoms with E-state index in [1.165, 1.54) is 12.1 Å². The number of allylic oxidation sites excluding steroid dienone is 1. The molecule has 7 heteroatoms. The fourth-order valence-corrected chi connectivity index (χ4v) is 4.07. The van der Waals surface area contributed by atoms with Crippen LogP contribution < -0.4 is 5.32 Å². The van der Waals surface area contributed by atoms with Crippen LogP contribution in [0.2, 0.25) is 0 Å². The van der Waals surface area contributed by atoms with Crippen LogP contribution in [0.4, 0.5) is 9.18 Å². The number of amides is 2. The number of hydrogen-bond acceptors (Lipinski definition) is 4. The number of nitrogens with zero attached hydrogens (tertiary/aromatic N) is 3. The predicted molar refractivity (Wildman–Crippen MR) is 127 cm³/mol. The predicted octanol–water partition coefficient (Wildman–Crippen LogP) is 5.88. The lowest BCUT2D eigenvalue weighted by molar-refractivity contribution is 0.203. The van der Waals surface area contributed by atoms with Gasteiger partial charge in [-0.2, -0.15) is 4.98 Å². The number of rotatable bonds is 5. The van der Waals surface area contributed by atoms with E-state index in [9.17, 15) is 9.18 Å². The van der Waals surface area contributed by atoms with Gasteiger partial charge in [0.25, 0.3) is 5.89 Å². The van der Waals surface area contributed by atoms with Gasteiger partial charge >= 0.3 is 6.03 Å². The summed E-state index contributed by atoms with van der Waals surface area (Å²) < 4.78 is 19.1. The summed E-state index contributed by atoms with van der Waals surface area (Å²) in [5.41, 5.74) is 5.11. The molecule has 0 bridgehead atoms. The van der Waals surface area contributed by atoms with E-state index >= 15 is 0 Å². The first kappa shape index (κ1) is 21.6. The Bertz CT molecular complexity index is 1350. The molecule has 6 nitrogen and oxygen atoms in total. The highest BCUT2D eigenvalue weighted by atomic mass is 19.1. The van der Waals surface area contributed by atoms with E-state index in [4.69, 9.17) is 4.52 Å². The maximum atomic E-state index is 13.4. The molecule has 0 fully saturated rings. The van der Waals surface area contributed by atoms with Gasteiger partial charge in [0.1, 0.15) is 5.82 Å². The second-order valence-corrected chi connectivity index (χ2v) is 8.29. The zero-order valence-electron chi connectivity index (χ0n) is 18.8. The van der Waals surface area contributed by atoms with Crippen LogP contribution in [-0.4, -0.2) is 21.1 Å². The molecule has 0 saturated carbocycles. The Morgan fingerprint density at radius 3 is 2.38 bits per heavy atom. The highest BCUT2D eigenvalue weighted by Gasteiger charge is 2.35. The summed E-state index contributed by atoms with van der Waals surface area (Å²) in [5.74, 6) is 0.494. The standard InChI is InChI=1S/C27H23FN4O2/c1-17-8-12-21(13-9-17)25-30-26(34-31-25)23-18(2)32(16-19-10-14-22(28)15-11-19)27(33)29-24(23)20-6-4-3-5-7-20/h3-15,24H,16H2,1-2H3,(H,29,33). The van der Waals surface area contributed by atoms with Gasteiger partial charge in [-0.3, -0.25) is 4.90 Å².